The van der Waals surface area contributed by atoms with Crippen LogP contribution in [0.4, 0.5) is 0 Å². The predicted molar refractivity (Wildman–Crippen MR) is 134 cm³/mol. The lowest BCUT2D eigenvalue weighted by Gasteiger charge is -2.22. The minimum atomic E-state index is -0.703. The Morgan fingerprint density at radius 1 is 1.00 bits per heavy atom. The highest BCUT2D eigenvalue weighted by Gasteiger charge is 2.32. The lowest BCUT2D eigenvalue weighted by molar-refractivity contribution is -0.198. The van der Waals surface area contributed by atoms with Crippen molar-refractivity contribution in [2.45, 2.75) is 49.3 Å². The van der Waals surface area contributed by atoms with Gasteiger partial charge in [-0.3, -0.25) is 14.4 Å². The monoisotopic (exact) mass is 543 g/mol. The Bertz CT molecular complexity index is 841. The van der Waals surface area contributed by atoms with E-state index in [9.17, 15) is 19.2 Å². The topological polar surface area (TPSA) is 133 Å². The second kappa shape index (κ2) is 16.5. The van der Waals surface area contributed by atoms with E-state index in [0.717, 1.165) is 5.03 Å². The Labute approximate surface area is 218 Å². The van der Waals surface area contributed by atoms with Gasteiger partial charge in [0, 0.05) is 36.8 Å². The van der Waals surface area contributed by atoms with Gasteiger partial charge in [-0.05, 0) is 36.8 Å². The van der Waals surface area contributed by atoms with Crippen LogP contribution in [0.3, 0.4) is 0 Å². The maximum atomic E-state index is 12.2. The Morgan fingerprint density at radius 3 is 2.28 bits per heavy atom. The molecule has 36 heavy (non-hydrogen) atoms. The van der Waals surface area contributed by atoms with Crippen molar-refractivity contribution in [2.75, 3.05) is 46.2 Å². The van der Waals surface area contributed by atoms with E-state index in [0.29, 0.717) is 44.5 Å². The first kappa shape index (κ1) is 30.0. The van der Waals surface area contributed by atoms with Gasteiger partial charge < -0.3 is 24.4 Å². The number of aromatic nitrogens is 1. The summed E-state index contributed by atoms with van der Waals surface area (Å²) in [6.45, 7) is 6.27. The maximum Gasteiger partial charge on any atom is 0.335 e. The fraction of sp³-hybridized carbons (Fsp3) is 0.609. The third kappa shape index (κ3) is 12.7. The standard InChI is InChI=1S/C23H33N3O8S2/c1-23(2,36-35-19-5-3-4-9-25-19)17-18(27)24-10-12-32-14-16-33-15-13-31-11-8-22(30)34-26-20(28)6-7-21(26)29/h3-5,9H,6-8,10-17H2,1-2H3,(H,24,27). The molecule has 1 fully saturated rings. The SMILES string of the molecule is CC(C)(CC(=O)NCCOCCOCCOCCC(=O)ON1C(=O)CCC1=O)SSc1ccccn1. The van der Waals surface area contributed by atoms with Crippen molar-refractivity contribution >= 4 is 45.3 Å². The number of carbonyl (C=O) groups excluding carboxylic acids is 4. The van der Waals surface area contributed by atoms with E-state index in [-0.39, 0.29) is 43.1 Å². The van der Waals surface area contributed by atoms with Crippen molar-refractivity contribution in [2.24, 2.45) is 0 Å². The molecular weight excluding hydrogens is 510 g/mol. The van der Waals surface area contributed by atoms with Gasteiger partial charge in [0.15, 0.2) is 0 Å². The van der Waals surface area contributed by atoms with Gasteiger partial charge in [-0.15, -0.1) is 5.06 Å². The third-order valence-corrected chi connectivity index (χ3v) is 7.75. The molecule has 2 rings (SSSR count). The number of pyridine rings is 1. The van der Waals surface area contributed by atoms with Crippen LogP contribution < -0.4 is 5.32 Å². The average molecular weight is 544 g/mol. The molecule has 1 aromatic rings. The second-order valence-electron chi connectivity index (χ2n) is 8.25. The molecule has 0 atom stereocenters. The zero-order valence-electron chi connectivity index (χ0n) is 20.6. The molecule has 3 amide bonds. The first-order chi connectivity index (χ1) is 17.3. The van der Waals surface area contributed by atoms with Gasteiger partial charge in [0.05, 0.1) is 46.1 Å². The first-order valence-corrected chi connectivity index (χ1v) is 13.7. The number of nitrogens with zero attached hydrogens (tertiary/aromatic N) is 2. The van der Waals surface area contributed by atoms with Crippen LogP contribution in [0.15, 0.2) is 29.4 Å². The molecule has 0 spiro atoms. The van der Waals surface area contributed by atoms with Crippen molar-refractivity contribution in [1.82, 2.24) is 15.4 Å². The van der Waals surface area contributed by atoms with E-state index in [2.05, 4.69) is 10.3 Å². The quantitative estimate of drug-likeness (QED) is 0.166. The van der Waals surface area contributed by atoms with Crippen molar-refractivity contribution < 1.29 is 38.2 Å². The molecule has 11 nitrogen and oxygen atoms in total. The highest BCUT2D eigenvalue weighted by atomic mass is 33.1. The fourth-order valence-electron chi connectivity index (χ4n) is 2.80. The van der Waals surface area contributed by atoms with Gasteiger partial charge >= 0.3 is 5.97 Å². The third-order valence-electron chi connectivity index (χ3n) is 4.54. The molecule has 0 radical (unpaired) electrons. The molecule has 0 aliphatic carbocycles. The minimum Gasteiger partial charge on any atom is -0.378 e. The Hall–Kier alpha value is -2.19. The molecule has 200 valence electrons. The summed E-state index contributed by atoms with van der Waals surface area (Å²) in [4.78, 5) is 55.5. The fourth-order valence-corrected chi connectivity index (χ4v) is 4.94. The maximum absolute atomic E-state index is 12.2. The summed E-state index contributed by atoms with van der Waals surface area (Å²) in [5, 5.41) is 4.28. The normalized spacial score (nSPS) is 13.8. The van der Waals surface area contributed by atoms with Crippen molar-refractivity contribution in [1.29, 1.82) is 0 Å². The number of hydroxylamine groups is 2. The summed E-state index contributed by atoms with van der Waals surface area (Å²) in [6, 6.07) is 5.74. The molecule has 0 saturated carbocycles. The number of hydrogen-bond acceptors (Lipinski definition) is 11. The smallest absolute Gasteiger partial charge is 0.335 e. The van der Waals surface area contributed by atoms with Crippen LogP contribution in [-0.2, 0) is 38.2 Å². The number of hydrogen-bond donors (Lipinski definition) is 1. The molecule has 1 aromatic heterocycles. The van der Waals surface area contributed by atoms with Crippen LogP contribution in [0, 0.1) is 0 Å². The lowest BCUT2D eigenvalue weighted by Crippen LogP contribution is -2.32. The first-order valence-electron chi connectivity index (χ1n) is 11.6. The number of amides is 3. The number of imide groups is 1. The molecule has 1 N–H and O–H groups in total. The molecule has 13 heteroatoms. The van der Waals surface area contributed by atoms with Crippen molar-refractivity contribution in [3.05, 3.63) is 24.4 Å². The van der Waals surface area contributed by atoms with Crippen LogP contribution in [-0.4, -0.2) is 84.7 Å². The number of ether oxygens (including phenoxy) is 3. The lowest BCUT2D eigenvalue weighted by atomic mass is 10.1. The molecule has 1 aliphatic rings. The summed E-state index contributed by atoms with van der Waals surface area (Å²) in [5.74, 6) is -1.76. The second-order valence-corrected chi connectivity index (χ2v) is 11.1. The Kier molecular flexibility index (Phi) is 13.8. The zero-order valence-corrected chi connectivity index (χ0v) is 22.2. The van der Waals surface area contributed by atoms with Crippen LogP contribution in [0.1, 0.15) is 39.5 Å². The predicted octanol–water partition coefficient (Wildman–Crippen LogP) is 2.15. The summed E-state index contributed by atoms with van der Waals surface area (Å²) >= 11 is 0. The van der Waals surface area contributed by atoms with Gasteiger partial charge in [0.1, 0.15) is 5.03 Å². The minimum absolute atomic E-state index is 0.0337. The van der Waals surface area contributed by atoms with Gasteiger partial charge in [-0.2, -0.15) is 0 Å². The van der Waals surface area contributed by atoms with Crippen LogP contribution in [0.2, 0.25) is 0 Å². The molecule has 0 unspecified atom stereocenters. The summed E-state index contributed by atoms with van der Waals surface area (Å²) in [7, 11) is 3.17. The van der Waals surface area contributed by atoms with Crippen LogP contribution in [0.25, 0.3) is 0 Å². The van der Waals surface area contributed by atoms with Gasteiger partial charge in [0.25, 0.3) is 11.8 Å². The number of nitrogens with one attached hydrogen (secondary N) is 1. The number of carbonyl (C=O) groups is 4. The van der Waals surface area contributed by atoms with E-state index < -0.39 is 17.8 Å². The van der Waals surface area contributed by atoms with E-state index in [1.54, 1.807) is 27.8 Å². The average Bonchev–Trinajstić information content (AvgIpc) is 3.16. The zero-order chi connectivity index (χ0) is 26.2. The van der Waals surface area contributed by atoms with E-state index in [4.69, 9.17) is 19.0 Å². The van der Waals surface area contributed by atoms with Gasteiger partial charge in [0.2, 0.25) is 5.91 Å². The molecular formula is C23H33N3O8S2. The highest BCUT2D eigenvalue weighted by molar-refractivity contribution is 8.77. The molecule has 1 aliphatic heterocycles. The summed E-state index contributed by atoms with van der Waals surface area (Å²) in [5.41, 5.74) is 0. The van der Waals surface area contributed by atoms with Crippen molar-refractivity contribution in [3.8, 4) is 0 Å². The van der Waals surface area contributed by atoms with Gasteiger partial charge in [-0.25, -0.2) is 9.78 Å². The molecule has 0 bridgehead atoms. The van der Waals surface area contributed by atoms with Gasteiger partial charge in [-0.1, -0.05) is 16.9 Å². The van der Waals surface area contributed by atoms with Crippen LogP contribution in [0.5, 0.6) is 0 Å². The highest BCUT2D eigenvalue weighted by Crippen LogP contribution is 2.41. The largest absolute Gasteiger partial charge is 0.378 e. The Balaban J connectivity index is 1.37. The molecule has 0 aromatic carbocycles. The van der Waals surface area contributed by atoms with Crippen molar-refractivity contribution in [3.63, 3.8) is 0 Å². The molecule has 1 saturated heterocycles. The number of rotatable bonds is 18. The summed E-state index contributed by atoms with van der Waals surface area (Å²) in [6.07, 6.45) is 2.17. The van der Waals surface area contributed by atoms with E-state index in [1.807, 2.05) is 32.0 Å². The Morgan fingerprint density at radius 2 is 1.64 bits per heavy atom. The summed E-state index contributed by atoms with van der Waals surface area (Å²) < 4.78 is 15.8. The van der Waals surface area contributed by atoms with E-state index >= 15 is 0 Å². The molecule has 2 heterocycles. The van der Waals surface area contributed by atoms with E-state index in [1.165, 1.54) is 0 Å². The van der Waals surface area contributed by atoms with Crippen LogP contribution >= 0.6 is 21.6 Å².